The zero-order valence-electron chi connectivity index (χ0n) is 9.74. The van der Waals surface area contributed by atoms with E-state index in [1.165, 1.54) is 11.7 Å². The maximum atomic E-state index is 4.34. The minimum Gasteiger partial charge on any atom is -0.237 e. The third kappa shape index (κ3) is 2.00. The molecule has 0 spiro atoms. The highest BCUT2D eigenvalue weighted by atomic mass is 32.1. The lowest BCUT2D eigenvalue weighted by Crippen LogP contribution is -1.86. The SMILES string of the molecule is Cc1ccc(/C=N/c2ccccn2)c2nsnc12. The van der Waals surface area contributed by atoms with Crippen molar-refractivity contribution in [2.24, 2.45) is 4.99 Å². The number of aliphatic imine (C=N–C) groups is 1. The van der Waals surface area contributed by atoms with Crippen LogP contribution in [0.1, 0.15) is 11.1 Å². The lowest BCUT2D eigenvalue weighted by molar-refractivity contribution is 1.28. The second-order valence-electron chi connectivity index (χ2n) is 3.88. The molecule has 0 radical (unpaired) electrons. The molecule has 0 aliphatic heterocycles. The van der Waals surface area contributed by atoms with Crippen LogP contribution in [0.2, 0.25) is 0 Å². The molecule has 18 heavy (non-hydrogen) atoms. The van der Waals surface area contributed by atoms with Gasteiger partial charge in [-0.2, -0.15) is 8.75 Å². The number of hydrogen-bond acceptors (Lipinski definition) is 5. The van der Waals surface area contributed by atoms with Crippen molar-refractivity contribution in [3.05, 3.63) is 47.7 Å². The number of nitrogens with zero attached hydrogens (tertiary/aromatic N) is 4. The van der Waals surface area contributed by atoms with Crippen molar-refractivity contribution in [2.75, 3.05) is 0 Å². The highest BCUT2D eigenvalue weighted by molar-refractivity contribution is 7.00. The van der Waals surface area contributed by atoms with Crippen molar-refractivity contribution in [1.29, 1.82) is 0 Å². The van der Waals surface area contributed by atoms with Gasteiger partial charge in [-0.05, 0) is 24.6 Å². The Kier molecular flexibility index (Phi) is 2.82. The van der Waals surface area contributed by atoms with Gasteiger partial charge in [0.1, 0.15) is 11.0 Å². The van der Waals surface area contributed by atoms with E-state index in [1.807, 2.05) is 37.3 Å². The zero-order valence-corrected chi connectivity index (χ0v) is 10.6. The molecule has 0 aliphatic rings. The summed E-state index contributed by atoms with van der Waals surface area (Å²) in [6.07, 6.45) is 3.51. The minimum absolute atomic E-state index is 0.689. The van der Waals surface area contributed by atoms with E-state index in [2.05, 4.69) is 18.7 Å². The van der Waals surface area contributed by atoms with Gasteiger partial charge < -0.3 is 0 Å². The van der Waals surface area contributed by atoms with E-state index in [-0.39, 0.29) is 0 Å². The molecule has 1 aromatic carbocycles. The first-order chi connectivity index (χ1) is 8.84. The third-order valence-electron chi connectivity index (χ3n) is 2.63. The van der Waals surface area contributed by atoms with Crippen molar-refractivity contribution in [2.45, 2.75) is 6.92 Å². The van der Waals surface area contributed by atoms with Gasteiger partial charge >= 0.3 is 0 Å². The molecule has 0 saturated heterocycles. The fourth-order valence-electron chi connectivity index (χ4n) is 1.68. The van der Waals surface area contributed by atoms with Crippen LogP contribution in [0.25, 0.3) is 11.0 Å². The number of rotatable bonds is 2. The van der Waals surface area contributed by atoms with Crippen LogP contribution in [-0.4, -0.2) is 19.9 Å². The largest absolute Gasteiger partial charge is 0.237 e. The summed E-state index contributed by atoms with van der Waals surface area (Å²) in [6, 6.07) is 9.68. The summed E-state index contributed by atoms with van der Waals surface area (Å²) in [7, 11) is 0. The van der Waals surface area contributed by atoms with Gasteiger partial charge in [-0.3, -0.25) is 0 Å². The summed E-state index contributed by atoms with van der Waals surface area (Å²) >= 11 is 1.23. The topological polar surface area (TPSA) is 51.0 Å². The maximum absolute atomic E-state index is 4.34. The number of fused-ring (bicyclic) bond motifs is 1. The van der Waals surface area contributed by atoms with Crippen LogP contribution in [0.5, 0.6) is 0 Å². The Labute approximate surface area is 108 Å². The molecule has 4 nitrogen and oxygen atoms in total. The molecule has 0 N–H and O–H groups in total. The van der Waals surface area contributed by atoms with E-state index in [0.717, 1.165) is 22.2 Å². The summed E-state index contributed by atoms with van der Waals surface area (Å²) in [6.45, 7) is 2.03. The van der Waals surface area contributed by atoms with Crippen LogP contribution in [0.15, 0.2) is 41.5 Å². The average Bonchev–Trinajstić information content (AvgIpc) is 2.90. The molecule has 2 heterocycles. The molecular weight excluding hydrogens is 244 g/mol. The number of benzene rings is 1. The van der Waals surface area contributed by atoms with E-state index in [9.17, 15) is 0 Å². The third-order valence-corrected chi connectivity index (χ3v) is 3.16. The van der Waals surface area contributed by atoms with Crippen LogP contribution in [-0.2, 0) is 0 Å². The van der Waals surface area contributed by atoms with Crippen LogP contribution in [0, 0.1) is 6.92 Å². The number of hydrogen-bond donors (Lipinski definition) is 0. The van der Waals surface area contributed by atoms with Crippen molar-refractivity contribution in [3.63, 3.8) is 0 Å². The molecule has 0 saturated carbocycles. The molecule has 0 unspecified atom stereocenters. The van der Waals surface area contributed by atoms with Gasteiger partial charge in [0, 0.05) is 18.0 Å². The summed E-state index contributed by atoms with van der Waals surface area (Å²) < 4.78 is 8.60. The molecule has 0 aliphatic carbocycles. The predicted octanol–water partition coefficient (Wildman–Crippen LogP) is 3.15. The van der Waals surface area contributed by atoms with E-state index < -0.39 is 0 Å². The molecule has 2 aromatic heterocycles. The lowest BCUT2D eigenvalue weighted by atomic mass is 10.1. The monoisotopic (exact) mass is 254 g/mol. The summed E-state index contributed by atoms with van der Waals surface area (Å²) in [5, 5.41) is 0. The smallest absolute Gasteiger partial charge is 0.151 e. The minimum atomic E-state index is 0.689. The van der Waals surface area contributed by atoms with Crippen molar-refractivity contribution in [1.82, 2.24) is 13.7 Å². The molecule has 3 rings (SSSR count). The Hall–Kier alpha value is -2.14. The van der Waals surface area contributed by atoms with Crippen LogP contribution < -0.4 is 0 Å². The Morgan fingerprint density at radius 2 is 2.00 bits per heavy atom. The Balaban J connectivity index is 2.03. The van der Waals surface area contributed by atoms with Crippen LogP contribution in [0.4, 0.5) is 5.82 Å². The average molecular weight is 254 g/mol. The Morgan fingerprint density at radius 1 is 1.11 bits per heavy atom. The second-order valence-corrected chi connectivity index (χ2v) is 4.41. The van der Waals surface area contributed by atoms with Gasteiger partial charge in [0.25, 0.3) is 0 Å². The molecule has 0 bridgehead atoms. The second kappa shape index (κ2) is 4.62. The first-order valence-corrected chi connectivity index (χ1v) is 6.24. The molecule has 3 aromatic rings. The first kappa shape index (κ1) is 11.0. The van der Waals surface area contributed by atoms with E-state index in [0.29, 0.717) is 5.82 Å². The number of pyridine rings is 1. The van der Waals surface area contributed by atoms with Crippen molar-refractivity contribution < 1.29 is 0 Å². The summed E-state index contributed by atoms with van der Waals surface area (Å²) in [5.74, 6) is 0.689. The van der Waals surface area contributed by atoms with Gasteiger partial charge in [0.2, 0.25) is 0 Å². The summed E-state index contributed by atoms with van der Waals surface area (Å²) in [4.78, 5) is 8.48. The van der Waals surface area contributed by atoms with Gasteiger partial charge in [-0.25, -0.2) is 9.98 Å². The molecular formula is C13H10N4S. The molecule has 5 heteroatoms. The van der Waals surface area contributed by atoms with Crippen molar-refractivity contribution in [3.8, 4) is 0 Å². The first-order valence-electron chi connectivity index (χ1n) is 5.51. The summed E-state index contributed by atoms with van der Waals surface area (Å²) in [5.41, 5.74) is 3.95. The molecule has 88 valence electrons. The van der Waals surface area contributed by atoms with Crippen LogP contribution >= 0.6 is 11.7 Å². The fourth-order valence-corrected chi connectivity index (χ4v) is 2.31. The number of aryl methyl sites for hydroxylation is 1. The molecule has 0 atom stereocenters. The van der Waals surface area contributed by atoms with E-state index in [1.54, 1.807) is 12.4 Å². The Morgan fingerprint density at radius 3 is 2.83 bits per heavy atom. The highest BCUT2D eigenvalue weighted by Crippen LogP contribution is 2.19. The van der Waals surface area contributed by atoms with Gasteiger partial charge in [0.05, 0.1) is 11.7 Å². The fraction of sp³-hybridized carbons (Fsp3) is 0.0769. The zero-order chi connectivity index (χ0) is 12.4. The lowest BCUT2D eigenvalue weighted by Gasteiger charge is -1.97. The van der Waals surface area contributed by atoms with E-state index in [4.69, 9.17) is 0 Å². The number of aromatic nitrogens is 3. The highest BCUT2D eigenvalue weighted by Gasteiger charge is 2.05. The standard InChI is InChI=1S/C13H10N4S/c1-9-5-6-10(13-12(9)16-18-17-13)8-15-11-4-2-3-7-14-11/h2-8H,1H3/b15-8+. The maximum Gasteiger partial charge on any atom is 0.151 e. The predicted molar refractivity (Wildman–Crippen MR) is 73.6 cm³/mol. The van der Waals surface area contributed by atoms with Gasteiger partial charge in [-0.1, -0.05) is 18.2 Å². The van der Waals surface area contributed by atoms with Crippen LogP contribution in [0.3, 0.4) is 0 Å². The van der Waals surface area contributed by atoms with Gasteiger partial charge in [-0.15, -0.1) is 0 Å². The quantitative estimate of drug-likeness (QED) is 0.660. The molecule has 0 fully saturated rings. The molecule has 0 amide bonds. The normalized spacial score (nSPS) is 11.4. The van der Waals surface area contributed by atoms with E-state index >= 15 is 0 Å². The van der Waals surface area contributed by atoms with Crippen molar-refractivity contribution >= 4 is 34.8 Å². The van der Waals surface area contributed by atoms with Gasteiger partial charge in [0.15, 0.2) is 5.82 Å². The Bertz CT molecular complexity index is 703.